The summed E-state index contributed by atoms with van der Waals surface area (Å²) in [7, 11) is 1.41. The van der Waals surface area contributed by atoms with Gasteiger partial charge in [-0.15, -0.1) is 11.6 Å². The molecule has 17 heavy (non-hydrogen) atoms. The summed E-state index contributed by atoms with van der Waals surface area (Å²) in [6.45, 7) is 0.0997. The van der Waals surface area contributed by atoms with Crippen molar-refractivity contribution in [2.75, 3.05) is 13.5 Å². The maximum absolute atomic E-state index is 10.5. The van der Waals surface area contributed by atoms with Crippen LogP contribution in [0.1, 0.15) is 5.56 Å². The molecule has 0 unspecified atom stereocenters. The lowest BCUT2D eigenvalue weighted by molar-refractivity contribution is -0.394. The molecule has 0 N–H and O–H groups in total. The summed E-state index contributed by atoms with van der Waals surface area (Å²) >= 11 is 4.64. The van der Waals surface area contributed by atoms with Crippen LogP contribution in [0, 0.1) is 20.2 Å². The average Bonchev–Trinajstić information content (AvgIpc) is 2.31. The minimum atomic E-state index is -0.674. The quantitative estimate of drug-likeness (QED) is 0.472. The second-order valence-electron chi connectivity index (χ2n) is 2.80. The Hall–Kier alpha value is -1.73. The lowest BCUT2D eigenvalue weighted by Gasteiger charge is -1.99. The summed E-state index contributed by atoms with van der Waals surface area (Å²) in [6.07, 6.45) is 1.47. The van der Waals surface area contributed by atoms with Crippen molar-refractivity contribution in [3.05, 3.63) is 44.0 Å². The number of nitro groups is 2. The number of benzene rings is 1. The van der Waals surface area contributed by atoms with E-state index in [1.54, 1.807) is 0 Å². The van der Waals surface area contributed by atoms with Crippen LogP contribution in [-0.2, 0) is 11.3 Å². The van der Waals surface area contributed by atoms with E-state index >= 15 is 0 Å². The highest BCUT2D eigenvalue weighted by molar-refractivity contribution is 6.15. The third kappa shape index (κ3) is 4.75. The predicted molar refractivity (Wildman–Crippen MR) is 62.2 cm³/mol. The van der Waals surface area contributed by atoms with Gasteiger partial charge in [-0.25, -0.2) is 0 Å². The highest BCUT2D eigenvalue weighted by Gasteiger charge is 2.15. The van der Waals surface area contributed by atoms with Crippen LogP contribution in [0.25, 0.3) is 0 Å². The number of alkyl halides is 1. The number of nitrogens with zero attached hydrogens (tertiary/aromatic N) is 2. The first-order valence-electron chi connectivity index (χ1n) is 4.34. The highest BCUT2D eigenvalue weighted by Crippen LogP contribution is 2.22. The summed E-state index contributed by atoms with van der Waals surface area (Å²) < 4.78 is 4.75. The van der Waals surface area contributed by atoms with Crippen molar-refractivity contribution in [3.63, 3.8) is 0 Å². The fraction of sp³-hybridized carbons (Fsp3) is 0.333. The average molecular weight is 263 g/mol. The molecule has 0 heterocycles. The van der Waals surface area contributed by atoms with E-state index in [0.29, 0.717) is 5.56 Å². The third-order valence-electron chi connectivity index (χ3n) is 1.69. The normalized spacial score (nSPS) is 9.12. The van der Waals surface area contributed by atoms with Crippen LogP contribution < -0.4 is 0 Å². The first kappa shape index (κ1) is 15.3. The smallest absolute Gasteiger partial charge is 0.276 e. The molecule has 0 aliphatic rings. The molecule has 0 aromatic heterocycles. The molecule has 94 valence electrons. The lowest BCUT2D eigenvalue weighted by Crippen LogP contribution is -1.96. The Balaban J connectivity index is 0.00000121. The molecule has 0 bridgehead atoms. The highest BCUT2D eigenvalue weighted by atomic mass is 35.5. The number of hydrogen-bond donors (Lipinski definition) is 0. The molecule has 1 rings (SSSR count). The van der Waals surface area contributed by atoms with Crippen LogP contribution in [0.2, 0.25) is 0 Å². The van der Waals surface area contributed by atoms with Crippen molar-refractivity contribution >= 4 is 23.0 Å². The minimum absolute atomic E-state index is 0.0997. The zero-order valence-electron chi connectivity index (χ0n) is 9.25. The number of methoxy groups -OCH3 is 1. The fourth-order valence-electron chi connectivity index (χ4n) is 1.12. The van der Waals surface area contributed by atoms with Gasteiger partial charge in [-0.05, 0) is 5.56 Å². The minimum Gasteiger partial charge on any atom is -0.380 e. The van der Waals surface area contributed by atoms with E-state index in [1.165, 1.54) is 25.6 Å². The molecule has 1 aromatic carbocycles. The van der Waals surface area contributed by atoms with Gasteiger partial charge in [-0.3, -0.25) is 20.2 Å². The van der Waals surface area contributed by atoms with E-state index in [4.69, 9.17) is 4.74 Å². The zero-order chi connectivity index (χ0) is 13.4. The molecule has 1 aromatic rings. The summed E-state index contributed by atoms with van der Waals surface area (Å²) in [5.41, 5.74) is -0.217. The van der Waals surface area contributed by atoms with Gasteiger partial charge in [-0.2, -0.15) is 0 Å². The van der Waals surface area contributed by atoms with Crippen molar-refractivity contribution in [1.29, 1.82) is 0 Å². The Kier molecular flexibility index (Phi) is 6.76. The number of halogens is 1. The van der Waals surface area contributed by atoms with E-state index < -0.39 is 9.85 Å². The molecule has 0 aliphatic heterocycles. The molecule has 0 atom stereocenters. The summed E-state index contributed by atoms with van der Waals surface area (Å²) in [5, 5.41) is 20.9. The molecule has 0 saturated carbocycles. The summed E-state index contributed by atoms with van der Waals surface area (Å²) in [6, 6.07) is 3.41. The van der Waals surface area contributed by atoms with Gasteiger partial charge in [0.15, 0.2) is 0 Å². The number of ether oxygens (including phenoxy) is 1. The second kappa shape index (κ2) is 7.53. The number of non-ortho nitro benzene ring substituents is 2. The van der Waals surface area contributed by atoms with Gasteiger partial charge in [-0.1, -0.05) is 0 Å². The van der Waals surface area contributed by atoms with E-state index in [2.05, 4.69) is 11.6 Å². The second-order valence-corrected chi connectivity index (χ2v) is 2.80. The first-order chi connectivity index (χ1) is 8.04. The molecule has 0 saturated heterocycles. The van der Waals surface area contributed by atoms with Gasteiger partial charge in [0.1, 0.15) is 0 Å². The molecule has 8 heteroatoms. The number of hydrogen-bond acceptors (Lipinski definition) is 5. The Morgan fingerprint density at radius 3 is 1.82 bits per heavy atom. The fourth-order valence-corrected chi connectivity index (χ4v) is 1.12. The molecular weight excluding hydrogens is 252 g/mol. The van der Waals surface area contributed by atoms with Crippen molar-refractivity contribution < 1.29 is 14.6 Å². The van der Waals surface area contributed by atoms with Crippen molar-refractivity contribution in [2.24, 2.45) is 0 Å². The standard InChI is InChI=1S/C8H8N2O5.CH3Cl/c1-15-5-6-2-7(9(11)12)4-8(3-6)10(13)14;1-2/h2-4H,5H2,1H3;1H3. The van der Waals surface area contributed by atoms with Crippen molar-refractivity contribution in [1.82, 2.24) is 0 Å². The molecular formula is C9H11ClN2O5. The van der Waals surface area contributed by atoms with Crippen LogP contribution in [0.5, 0.6) is 0 Å². The topological polar surface area (TPSA) is 95.5 Å². The largest absolute Gasteiger partial charge is 0.380 e. The Bertz CT molecular complexity index is 378. The van der Waals surface area contributed by atoms with Crippen LogP contribution in [0.4, 0.5) is 11.4 Å². The van der Waals surface area contributed by atoms with Gasteiger partial charge >= 0.3 is 0 Å². The van der Waals surface area contributed by atoms with Gasteiger partial charge < -0.3 is 4.74 Å². The number of nitro benzene ring substituents is 2. The molecule has 0 fully saturated rings. The van der Waals surface area contributed by atoms with E-state index in [9.17, 15) is 20.2 Å². The Morgan fingerprint density at radius 2 is 1.53 bits per heavy atom. The third-order valence-corrected chi connectivity index (χ3v) is 1.69. The van der Waals surface area contributed by atoms with Crippen LogP contribution in [0.15, 0.2) is 18.2 Å². The predicted octanol–water partition coefficient (Wildman–Crippen LogP) is 2.50. The monoisotopic (exact) mass is 262 g/mol. The Morgan fingerprint density at radius 1 is 1.12 bits per heavy atom. The maximum Gasteiger partial charge on any atom is 0.276 e. The summed E-state index contributed by atoms with van der Waals surface area (Å²) in [4.78, 5) is 19.6. The van der Waals surface area contributed by atoms with Gasteiger partial charge in [0, 0.05) is 25.6 Å². The van der Waals surface area contributed by atoms with Gasteiger partial charge in [0.25, 0.3) is 11.4 Å². The maximum atomic E-state index is 10.5. The van der Waals surface area contributed by atoms with Gasteiger partial charge in [0.2, 0.25) is 0 Å². The molecule has 7 nitrogen and oxygen atoms in total. The Labute approximate surface area is 102 Å². The van der Waals surface area contributed by atoms with Crippen molar-refractivity contribution in [2.45, 2.75) is 6.61 Å². The van der Waals surface area contributed by atoms with E-state index in [-0.39, 0.29) is 18.0 Å². The molecule has 0 spiro atoms. The lowest BCUT2D eigenvalue weighted by atomic mass is 10.2. The van der Waals surface area contributed by atoms with E-state index in [0.717, 1.165) is 6.07 Å². The number of rotatable bonds is 4. The van der Waals surface area contributed by atoms with Crippen LogP contribution in [0.3, 0.4) is 0 Å². The van der Waals surface area contributed by atoms with Gasteiger partial charge in [0.05, 0.1) is 22.5 Å². The summed E-state index contributed by atoms with van der Waals surface area (Å²) in [5.74, 6) is 0. The first-order valence-corrected chi connectivity index (χ1v) is 5.09. The molecule has 0 aliphatic carbocycles. The SMILES string of the molecule is CCl.COCc1cc([N+](=O)[O-])cc([N+](=O)[O-])c1. The van der Waals surface area contributed by atoms with Crippen molar-refractivity contribution in [3.8, 4) is 0 Å². The van der Waals surface area contributed by atoms with Crippen LogP contribution >= 0.6 is 11.6 Å². The van der Waals surface area contributed by atoms with E-state index in [1.807, 2.05) is 0 Å². The zero-order valence-corrected chi connectivity index (χ0v) is 10.0. The molecule has 0 amide bonds. The molecule has 0 radical (unpaired) electrons. The van der Waals surface area contributed by atoms with Crippen LogP contribution in [-0.4, -0.2) is 23.3 Å².